The van der Waals surface area contributed by atoms with Crippen LogP contribution in [0.1, 0.15) is 43.5 Å². The number of ketones is 1. The van der Waals surface area contributed by atoms with Crippen molar-refractivity contribution in [3.63, 3.8) is 0 Å². The molecule has 25 heavy (non-hydrogen) atoms. The van der Waals surface area contributed by atoms with Gasteiger partial charge in [-0.2, -0.15) is 0 Å². The first-order valence-electron chi connectivity index (χ1n) is 8.28. The van der Waals surface area contributed by atoms with Gasteiger partial charge in [-0.3, -0.25) is 4.79 Å². The number of halogens is 1. The molecule has 3 nitrogen and oxygen atoms in total. The number of benzene rings is 2. The monoisotopic (exact) mass is 359 g/mol. The van der Waals surface area contributed by atoms with E-state index in [-0.39, 0.29) is 6.42 Å². The molecule has 0 spiro atoms. The van der Waals surface area contributed by atoms with E-state index >= 15 is 4.39 Å². The summed E-state index contributed by atoms with van der Waals surface area (Å²) >= 11 is 0. The number of carbonyl (C=O) groups excluding carboxylic acids is 1. The standard InChI is InChI=1S/C20H22FNO2S/c1-19(2,3)25(24)22-18(14-9-5-4-6-10-14)20(21)16-12-8-7-11-15(16)13-17(20)23/h4-12,18,22H,13H2,1-3H3/t18-,20-,25?/m1/s1. The second-order valence-electron chi connectivity index (χ2n) is 7.31. The molecule has 5 heteroatoms. The molecule has 3 rings (SSSR count). The fourth-order valence-corrected chi connectivity index (χ4v) is 3.97. The molecule has 1 N–H and O–H groups in total. The summed E-state index contributed by atoms with van der Waals surface area (Å²) in [5.74, 6) is -0.499. The van der Waals surface area contributed by atoms with E-state index in [2.05, 4.69) is 4.72 Å². The third-order valence-corrected chi connectivity index (χ3v) is 6.04. The first-order valence-corrected chi connectivity index (χ1v) is 9.43. The van der Waals surface area contributed by atoms with Gasteiger partial charge in [0, 0.05) is 12.0 Å². The Hall–Kier alpha value is -1.85. The fraction of sp³-hybridized carbons (Fsp3) is 0.350. The van der Waals surface area contributed by atoms with Crippen LogP contribution in [0.4, 0.5) is 4.39 Å². The number of nitrogens with one attached hydrogen (secondary N) is 1. The Morgan fingerprint density at radius 3 is 2.32 bits per heavy atom. The zero-order valence-corrected chi connectivity index (χ0v) is 15.4. The molecular weight excluding hydrogens is 337 g/mol. The lowest BCUT2D eigenvalue weighted by Crippen LogP contribution is -2.46. The zero-order valence-electron chi connectivity index (χ0n) is 14.6. The summed E-state index contributed by atoms with van der Waals surface area (Å²) in [6, 6.07) is 14.9. The highest BCUT2D eigenvalue weighted by molar-refractivity contribution is 7.84. The van der Waals surface area contributed by atoms with Crippen LogP contribution in [0.5, 0.6) is 0 Å². The van der Waals surface area contributed by atoms with Crippen LogP contribution in [0, 0.1) is 0 Å². The first kappa shape index (κ1) is 18.0. The van der Waals surface area contributed by atoms with Crippen LogP contribution in [0.25, 0.3) is 0 Å². The van der Waals surface area contributed by atoms with Crippen LogP contribution in [0.3, 0.4) is 0 Å². The zero-order chi connectivity index (χ0) is 18.2. The maximum absolute atomic E-state index is 16.3. The van der Waals surface area contributed by atoms with Gasteiger partial charge in [-0.15, -0.1) is 0 Å². The minimum atomic E-state index is -2.24. The molecule has 1 aliphatic rings. The number of hydrogen-bond acceptors (Lipinski definition) is 2. The molecule has 1 aliphatic carbocycles. The van der Waals surface area contributed by atoms with Gasteiger partial charge in [0.1, 0.15) is 0 Å². The van der Waals surface area contributed by atoms with Crippen LogP contribution in [-0.2, 0) is 27.9 Å². The summed E-state index contributed by atoms with van der Waals surface area (Å²) in [6.45, 7) is 5.44. The average Bonchev–Trinajstić information content (AvgIpc) is 2.84. The lowest BCUT2D eigenvalue weighted by Gasteiger charge is -2.33. The molecule has 2 aromatic carbocycles. The summed E-state index contributed by atoms with van der Waals surface area (Å²) in [5.41, 5.74) is -0.571. The van der Waals surface area contributed by atoms with E-state index in [0.29, 0.717) is 16.7 Å². The van der Waals surface area contributed by atoms with Crippen LogP contribution >= 0.6 is 0 Å². The minimum Gasteiger partial charge on any atom is -0.295 e. The fourth-order valence-electron chi connectivity index (χ4n) is 3.11. The van der Waals surface area contributed by atoms with Crippen molar-refractivity contribution >= 4 is 16.8 Å². The Morgan fingerprint density at radius 1 is 1.08 bits per heavy atom. The highest BCUT2D eigenvalue weighted by Crippen LogP contribution is 2.46. The number of alkyl halides is 1. The number of carbonyl (C=O) groups is 1. The molecule has 0 bridgehead atoms. The number of fused-ring (bicyclic) bond motifs is 1. The number of hydrogen-bond donors (Lipinski definition) is 1. The molecule has 0 aromatic heterocycles. The smallest absolute Gasteiger partial charge is 0.214 e. The Balaban J connectivity index is 2.12. The van der Waals surface area contributed by atoms with E-state index in [9.17, 15) is 9.00 Å². The van der Waals surface area contributed by atoms with Crippen molar-refractivity contribution in [2.75, 3.05) is 0 Å². The Morgan fingerprint density at radius 2 is 1.68 bits per heavy atom. The van der Waals surface area contributed by atoms with Crippen LogP contribution in [-0.4, -0.2) is 14.7 Å². The quantitative estimate of drug-likeness (QED) is 0.903. The van der Waals surface area contributed by atoms with Gasteiger partial charge in [-0.1, -0.05) is 54.6 Å². The Kier molecular flexibility index (Phi) is 4.64. The summed E-state index contributed by atoms with van der Waals surface area (Å²) in [6.07, 6.45) is 0.0554. The Bertz CT molecular complexity index is 816. The highest BCUT2D eigenvalue weighted by atomic mass is 32.2. The van der Waals surface area contributed by atoms with Crippen LogP contribution in [0.2, 0.25) is 0 Å². The van der Waals surface area contributed by atoms with Gasteiger partial charge in [0.2, 0.25) is 5.67 Å². The molecule has 1 unspecified atom stereocenters. The van der Waals surface area contributed by atoms with Crippen molar-refractivity contribution < 1.29 is 13.4 Å². The topological polar surface area (TPSA) is 46.2 Å². The summed E-state index contributed by atoms with van der Waals surface area (Å²) in [4.78, 5) is 12.7. The first-order chi connectivity index (χ1) is 11.7. The minimum absolute atomic E-state index is 0.0554. The van der Waals surface area contributed by atoms with Gasteiger partial charge in [-0.05, 0) is 31.9 Å². The van der Waals surface area contributed by atoms with Crippen molar-refractivity contribution in [2.45, 2.75) is 43.6 Å². The predicted molar refractivity (Wildman–Crippen MR) is 98.2 cm³/mol. The second kappa shape index (κ2) is 6.46. The van der Waals surface area contributed by atoms with Crippen molar-refractivity contribution in [2.24, 2.45) is 0 Å². The van der Waals surface area contributed by atoms with Gasteiger partial charge >= 0.3 is 0 Å². The number of rotatable bonds is 4. The Labute approximate surface area is 150 Å². The molecular formula is C20H22FNO2S. The summed E-state index contributed by atoms with van der Waals surface area (Å²) in [7, 11) is -1.52. The summed E-state index contributed by atoms with van der Waals surface area (Å²) in [5, 5.41) is 0. The van der Waals surface area contributed by atoms with Crippen molar-refractivity contribution in [3.8, 4) is 0 Å². The SMILES string of the molecule is CC(C)(C)S(=O)N[C@H](c1ccccc1)[C@]1(F)C(=O)Cc2ccccc21. The molecule has 132 valence electrons. The largest absolute Gasteiger partial charge is 0.295 e. The average molecular weight is 359 g/mol. The molecule has 0 aliphatic heterocycles. The van der Waals surface area contributed by atoms with Crippen LogP contribution in [0.15, 0.2) is 54.6 Å². The molecule has 0 radical (unpaired) electrons. The van der Waals surface area contributed by atoms with Crippen molar-refractivity contribution in [1.29, 1.82) is 0 Å². The molecule has 0 heterocycles. The normalized spacial score (nSPS) is 22.5. The van der Waals surface area contributed by atoms with Gasteiger partial charge in [0.15, 0.2) is 5.78 Å². The lowest BCUT2D eigenvalue weighted by molar-refractivity contribution is -0.130. The molecule has 0 fully saturated rings. The number of Topliss-reactive ketones (excluding diaryl/α,β-unsaturated/α-hetero) is 1. The van der Waals surface area contributed by atoms with Crippen molar-refractivity contribution in [3.05, 3.63) is 71.3 Å². The molecule has 0 amide bonds. The van der Waals surface area contributed by atoms with Gasteiger partial charge in [0.05, 0.1) is 21.8 Å². The third-order valence-electron chi connectivity index (χ3n) is 4.48. The van der Waals surface area contributed by atoms with Crippen molar-refractivity contribution in [1.82, 2.24) is 4.72 Å². The van der Waals surface area contributed by atoms with E-state index in [4.69, 9.17) is 0 Å². The molecule has 2 aromatic rings. The molecule has 0 saturated carbocycles. The second-order valence-corrected chi connectivity index (χ2v) is 9.31. The molecule has 0 saturated heterocycles. The van der Waals surface area contributed by atoms with E-state index in [0.717, 1.165) is 0 Å². The van der Waals surface area contributed by atoms with Gasteiger partial charge in [-0.25, -0.2) is 13.3 Å². The predicted octanol–water partition coefficient (Wildman–Crippen LogP) is 3.77. The lowest BCUT2D eigenvalue weighted by atomic mass is 9.85. The summed E-state index contributed by atoms with van der Waals surface area (Å²) < 4.78 is 31.3. The van der Waals surface area contributed by atoms with E-state index < -0.39 is 33.2 Å². The third kappa shape index (κ3) is 3.18. The van der Waals surface area contributed by atoms with Crippen LogP contribution < -0.4 is 4.72 Å². The molecule has 3 atom stereocenters. The van der Waals surface area contributed by atoms with Gasteiger partial charge in [0.25, 0.3) is 0 Å². The van der Waals surface area contributed by atoms with E-state index in [1.807, 2.05) is 26.8 Å². The van der Waals surface area contributed by atoms with Gasteiger partial charge < -0.3 is 0 Å². The van der Waals surface area contributed by atoms with E-state index in [1.165, 1.54) is 0 Å². The maximum atomic E-state index is 16.3. The maximum Gasteiger partial charge on any atom is 0.214 e. The van der Waals surface area contributed by atoms with E-state index in [1.54, 1.807) is 48.5 Å². The highest BCUT2D eigenvalue weighted by Gasteiger charge is 2.54.